The highest BCUT2D eigenvalue weighted by Crippen LogP contribution is 2.30. The molecule has 2 N–H and O–H groups in total. The number of hydrogen-bond donors (Lipinski definition) is 2. The Morgan fingerprint density at radius 3 is 2.72 bits per heavy atom. The van der Waals surface area contributed by atoms with Crippen LogP contribution in [0, 0.1) is 11.3 Å². The summed E-state index contributed by atoms with van der Waals surface area (Å²) in [7, 11) is 1.29. The second kappa shape index (κ2) is 14.1. The topological polar surface area (TPSA) is 145 Å². The van der Waals surface area contributed by atoms with Crippen LogP contribution in [0.25, 0.3) is 11.3 Å². The first kappa shape index (κ1) is 30.6. The molecular weight excluding hydrogens is 586 g/mol. The zero-order valence-electron chi connectivity index (χ0n) is 25.4. The van der Waals surface area contributed by atoms with Gasteiger partial charge in [-0.3, -0.25) is 4.79 Å². The molecule has 46 heavy (non-hydrogen) atoms. The summed E-state index contributed by atoms with van der Waals surface area (Å²) in [6, 6.07) is 22.2. The van der Waals surface area contributed by atoms with Gasteiger partial charge in [0.15, 0.2) is 11.5 Å². The van der Waals surface area contributed by atoms with E-state index in [2.05, 4.69) is 21.7 Å². The van der Waals surface area contributed by atoms with Gasteiger partial charge < -0.3 is 29.6 Å². The van der Waals surface area contributed by atoms with Gasteiger partial charge in [0, 0.05) is 30.3 Å². The third kappa shape index (κ3) is 7.25. The molecule has 2 aromatic carbocycles. The third-order valence-electron chi connectivity index (χ3n) is 7.85. The SMILES string of the molecule is COC(=O)c1ccc(NC(=O)Cc2ccc3cc2OCCCc2cc(C#N)ccc2COc2cccc-3n2)c(NC[C@@H]2CCO2)n1. The van der Waals surface area contributed by atoms with Gasteiger partial charge in [-0.25, -0.2) is 14.8 Å². The molecule has 4 aromatic rings. The van der Waals surface area contributed by atoms with E-state index in [0.717, 1.165) is 23.1 Å². The van der Waals surface area contributed by atoms with E-state index in [-0.39, 0.29) is 24.1 Å². The number of pyridine rings is 2. The van der Waals surface area contributed by atoms with Crippen molar-refractivity contribution in [2.24, 2.45) is 0 Å². The number of carbonyl (C=O) groups excluding carboxylic acids is 2. The average molecular weight is 620 g/mol. The number of amides is 1. The van der Waals surface area contributed by atoms with E-state index < -0.39 is 5.97 Å². The molecule has 1 atom stereocenters. The quantitative estimate of drug-likeness (QED) is 0.269. The van der Waals surface area contributed by atoms with Gasteiger partial charge in [0.2, 0.25) is 11.8 Å². The fourth-order valence-corrected chi connectivity index (χ4v) is 5.25. The van der Waals surface area contributed by atoms with Gasteiger partial charge in [-0.1, -0.05) is 24.3 Å². The molecule has 0 radical (unpaired) electrons. The first-order chi connectivity index (χ1) is 22.5. The number of nitrogens with zero attached hydrogens (tertiary/aromatic N) is 3. The molecule has 2 aliphatic rings. The zero-order valence-corrected chi connectivity index (χ0v) is 25.4. The maximum absolute atomic E-state index is 13.4. The van der Waals surface area contributed by atoms with Crippen molar-refractivity contribution in [2.75, 3.05) is 37.5 Å². The maximum Gasteiger partial charge on any atom is 0.356 e. The number of methoxy groups -OCH3 is 1. The van der Waals surface area contributed by atoms with Crippen LogP contribution in [0.15, 0.2) is 66.7 Å². The number of fused-ring (bicyclic) bond motifs is 6. The van der Waals surface area contributed by atoms with Crippen molar-refractivity contribution in [1.29, 1.82) is 5.26 Å². The lowest BCUT2D eigenvalue weighted by Gasteiger charge is -2.27. The van der Waals surface area contributed by atoms with Gasteiger partial charge in [0.1, 0.15) is 12.4 Å². The third-order valence-corrected chi connectivity index (χ3v) is 7.85. The van der Waals surface area contributed by atoms with Crippen molar-refractivity contribution in [1.82, 2.24) is 9.97 Å². The maximum atomic E-state index is 13.4. The van der Waals surface area contributed by atoms with E-state index in [1.165, 1.54) is 13.2 Å². The summed E-state index contributed by atoms with van der Waals surface area (Å²) in [4.78, 5) is 34.6. The molecule has 1 fully saturated rings. The number of nitriles is 1. The minimum atomic E-state index is -0.575. The van der Waals surface area contributed by atoms with E-state index >= 15 is 0 Å². The Morgan fingerprint density at radius 2 is 1.91 bits per heavy atom. The van der Waals surface area contributed by atoms with E-state index in [4.69, 9.17) is 23.9 Å². The van der Waals surface area contributed by atoms with Crippen LogP contribution >= 0.6 is 0 Å². The number of hydrogen-bond acceptors (Lipinski definition) is 10. The van der Waals surface area contributed by atoms with Crippen LogP contribution in [0.4, 0.5) is 11.5 Å². The highest BCUT2D eigenvalue weighted by atomic mass is 16.5. The standard InChI is InChI=1S/C35H33N5O6/c1-43-35(42)30-12-11-29(34(40-30)37-20-27-13-15-44-27)38-32(41)18-25-10-9-24-17-31(25)45-14-3-4-23-16-22(19-36)7-8-26(23)21-46-33-6-2-5-28(24)39-33/h2,5-12,16-17,27H,3-4,13-15,18,20-21H2,1H3,(H,37,40)(H,38,41)/t27-/m0/s1. The first-order valence-electron chi connectivity index (χ1n) is 15.1. The van der Waals surface area contributed by atoms with Crippen molar-refractivity contribution in [3.8, 4) is 29.0 Å². The molecular formula is C35H33N5O6. The Hall–Kier alpha value is -5.47. The Bertz CT molecular complexity index is 1800. The molecule has 1 amide bonds. The van der Waals surface area contributed by atoms with Gasteiger partial charge in [-0.15, -0.1) is 0 Å². The van der Waals surface area contributed by atoms with Crippen molar-refractivity contribution >= 4 is 23.4 Å². The van der Waals surface area contributed by atoms with E-state index in [1.54, 1.807) is 12.1 Å². The Kier molecular flexibility index (Phi) is 9.36. The van der Waals surface area contributed by atoms with E-state index in [1.807, 2.05) is 48.5 Å². The highest BCUT2D eigenvalue weighted by molar-refractivity contribution is 5.96. The second-order valence-electron chi connectivity index (χ2n) is 11.0. The number of ether oxygens (including phenoxy) is 4. The van der Waals surface area contributed by atoms with Crippen molar-refractivity contribution in [3.63, 3.8) is 0 Å². The van der Waals surface area contributed by atoms with Crippen LogP contribution in [0.3, 0.4) is 0 Å². The lowest BCUT2D eigenvalue weighted by atomic mass is 10.0. The smallest absolute Gasteiger partial charge is 0.356 e. The molecule has 4 heterocycles. The molecule has 234 valence electrons. The number of benzene rings is 2. The van der Waals surface area contributed by atoms with Crippen LogP contribution < -0.4 is 20.1 Å². The number of rotatable bonds is 7. The van der Waals surface area contributed by atoms with Gasteiger partial charge in [-0.2, -0.15) is 5.26 Å². The van der Waals surface area contributed by atoms with E-state index in [0.29, 0.717) is 79.2 Å². The number of carbonyl (C=O) groups is 2. The summed E-state index contributed by atoms with van der Waals surface area (Å²) in [6.45, 7) is 1.94. The molecule has 0 unspecified atom stereocenters. The molecule has 2 aromatic heterocycles. The minimum Gasteiger partial charge on any atom is -0.493 e. The Labute approximate surface area is 266 Å². The second-order valence-corrected chi connectivity index (χ2v) is 11.0. The molecule has 1 saturated heterocycles. The average Bonchev–Trinajstić information content (AvgIpc) is 3.05. The van der Waals surface area contributed by atoms with Crippen LogP contribution in [-0.4, -0.2) is 54.8 Å². The van der Waals surface area contributed by atoms with Crippen molar-refractivity contribution in [2.45, 2.75) is 38.4 Å². The molecule has 0 aliphatic carbocycles. The van der Waals surface area contributed by atoms with Crippen LogP contribution in [0.5, 0.6) is 11.6 Å². The van der Waals surface area contributed by atoms with Crippen LogP contribution in [-0.2, 0) is 33.7 Å². The number of esters is 1. The predicted octanol–water partition coefficient (Wildman–Crippen LogP) is 5.09. The Morgan fingerprint density at radius 1 is 1.02 bits per heavy atom. The van der Waals surface area contributed by atoms with Crippen LogP contribution in [0.1, 0.15) is 45.6 Å². The summed E-state index contributed by atoms with van der Waals surface area (Å²) in [5.74, 6) is 0.552. The summed E-state index contributed by atoms with van der Waals surface area (Å²) in [5.41, 5.74) is 5.38. The Balaban J connectivity index is 1.23. The van der Waals surface area contributed by atoms with Gasteiger partial charge in [0.25, 0.3) is 0 Å². The molecule has 11 heteroatoms. The first-order valence-corrected chi connectivity index (χ1v) is 15.1. The number of aromatic nitrogens is 2. The largest absolute Gasteiger partial charge is 0.493 e. The minimum absolute atomic E-state index is 0.0322. The summed E-state index contributed by atoms with van der Waals surface area (Å²) in [5, 5.41) is 15.5. The lowest BCUT2D eigenvalue weighted by molar-refractivity contribution is -0.115. The van der Waals surface area contributed by atoms with Gasteiger partial charge in [0.05, 0.1) is 49.3 Å². The van der Waals surface area contributed by atoms with Crippen molar-refractivity contribution < 1.29 is 28.5 Å². The molecule has 0 saturated carbocycles. The lowest BCUT2D eigenvalue weighted by Crippen LogP contribution is -2.34. The molecule has 0 spiro atoms. The highest BCUT2D eigenvalue weighted by Gasteiger charge is 2.21. The predicted molar refractivity (Wildman–Crippen MR) is 170 cm³/mol. The normalized spacial score (nSPS) is 15.3. The number of anilines is 2. The van der Waals surface area contributed by atoms with Crippen LogP contribution in [0.2, 0.25) is 0 Å². The molecule has 11 nitrogen and oxygen atoms in total. The van der Waals surface area contributed by atoms with Crippen molar-refractivity contribution in [3.05, 3.63) is 94.7 Å². The zero-order chi connectivity index (χ0) is 31.9. The summed E-state index contributed by atoms with van der Waals surface area (Å²) >= 11 is 0. The number of aryl methyl sites for hydroxylation is 1. The monoisotopic (exact) mass is 619 g/mol. The molecule has 6 rings (SSSR count). The van der Waals surface area contributed by atoms with E-state index in [9.17, 15) is 14.9 Å². The fourth-order valence-electron chi connectivity index (χ4n) is 5.25. The summed E-state index contributed by atoms with van der Waals surface area (Å²) < 4.78 is 22.6. The fraction of sp³-hybridized carbons (Fsp3) is 0.286. The molecule has 4 bridgehead atoms. The van der Waals surface area contributed by atoms with Gasteiger partial charge >= 0.3 is 5.97 Å². The number of nitrogens with one attached hydrogen (secondary N) is 2. The van der Waals surface area contributed by atoms with Gasteiger partial charge in [-0.05, 0) is 66.8 Å². The molecule has 2 aliphatic heterocycles. The summed E-state index contributed by atoms with van der Waals surface area (Å²) in [6.07, 6.45) is 2.38.